The van der Waals surface area contributed by atoms with Gasteiger partial charge in [-0.2, -0.15) is 0 Å². The molecule has 2 rings (SSSR count). The van der Waals surface area contributed by atoms with E-state index in [-0.39, 0.29) is 10.8 Å². The molecule has 3 N–H and O–H groups in total. The number of carbonyl (C=O) groups is 1. The van der Waals surface area contributed by atoms with Crippen molar-refractivity contribution in [3.05, 3.63) is 48.5 Å². The molecule has 0 spiro atoms. The lowest BCUT2D eigenvalue weighted by Crippen LogP contribution is -2.30. The largest absolute Gasteiger partial charge is 0.493 e. The molecule has 0 unspecified atom stereocenters. The van der Waals surface area contributed by atoms with Crippen LogP contribution in [-0.2, 0) is 14.8 Å². The maximum atomic E-state index is 12.2. The molecular formula is C16H18N2O5S. The maximum absolute atomic E-state index is 12.2. The SMILES string of the molecule is COc1ccccc1O[C@@H](C)C(=O)Nc1ccc(S(N)(=O)=O)cc1. The number of para-hydroxylation sites is 2. The monoisotopic (exact) mass is 350 g/mol. The van der Waals surface area contributed by atoms with Gasteiger partial charge in [0.2, 0.25) is 10.0 Å². The Kier molecular flexibility index (Phi) is 5.42. The number of primary sulfonamides is 1. The Morgan fingerprint density at radius 3 is 2.21 bits per heavy atom. The fraction of sp³-hybridized carbons (Fsp3) is 0.188. The van der Waals surface area contributed by atoms with Crippen molar-refractivity contribution in [1.82, 2.24) is 0 Å². The van der Waals surface area contributed by atoms with Crippen molar-refractivity contribution in [2.24, 2.45) is 5.14 Å². The number of anilines is 1. The van der Waals surface area contributed by atoms with Crippen LogP contribution in [0.15, 0.2) is 53.4 Å². The van der Waals surface area contributed by atoms with Crippen LogP contribution in [0.5, 0.6) is 11.5 Å². The minimum absolute atomic E-state index is 0.0289. The standard InChI is InChI=1S/C16H18N2O5S/c1-11(23-15-6-4-3-5-14(15)22-2)16(19)18-12-7-9-13(10-8-12)24(17,20)21/h3-11H,1-2H3,(H,18,19)(H2,17,20,21)/t11-/m0/s1. The van der Waals surface area contributed by atoms with Gasteiger partial charge in [0.25, 0.3) is 5.91 Å². The predicted molar refractivity (Wildman–Crippen MR) is 89.5 cm³/mol. The van der Waals surface area contributed by atoms with Gasteiger partial charge in [-0.05, 0) is 43.3 Å². The van der Waals surface area contributed by atoms with E-state index >= 15 is 0 Å². The van der Waals surface area contributed by atoms with E-state index in [4.69, 9.17) is 14.6 Å². The zero-order valence-electron chi connectivity index (χ0n) is 13.2. The number of carbonyl (C=O) groups excluding carboxylic acids is 1. The third kappa shape index (κ3) is 4.46. The number of nitrogens with two attached hydrogens (primary N) is 1. The van der Waals surface area contributed by atoms with Gasteiger partial charge in [-0.15, -0.1) is 0 Å². The second kappa shape index (κ2) is 7.33. The van der Waals surface area contributed by atoms with E-state index in [1.165, 1.54) is 31.4 Å². The van der Waals surface area contributed by atoms with Crippen LogP contribution in [0, 0.1) is 0 Å². The molecule has 0 fully saturated rings. The average molecular weight is 350 g/mol. The van der Waals surface area contributed by atoms with Crippen LogP contribution in [0.1, 0.15) is 6.92 Å². The third-order valence-corrected chi connectivity index (χ3v) is 4.12. The Morgan fingerprint density at radius 1 is 1.08 bits per heavy atom. The molecule has 2 aromatic rings. The molecule has 0 heterocycles. The van der Waals surface area contributed by atoms with Crippen LogP contribution in [0.25, 0.3) is 0 Å². The Hall–Kier alpha value is -2.58. The molecule has 0 aliphatic heterocycles. The molecule has 8 heteroatoms. The summed E-state index contributed by atoms with van der Waals surface area (Å²) in [5, 5.41) is 7.66. The molecule has 1 atom stereocenters. The highest BCUT2D eigenvalue weighted by Gasteiger charge is 2.17. The van der Waals surface area contributed by atoms with Crippen molar-refractivity contribution in [1.29, 1.82) is 0 Å². The van der Waals surface area contributed by atoms with E-state index in [0.717, 1.165) is 0 Å². The van der Waals surface area contributed by atoms with Crippen molar-refractivity contribution in [3.8, 4) is 11.5 Å². The topological polar surface area (TPSA) is 108 Å². The normalized spacial score (nSPS) is 12.3. The lowest BCUT2D eigenvalue weighted by atomic mass is 10.3. The number of sulfonamides is 1. The fourth-order valence-corrected chi connectivity index (χ4v) is 2.45. The molecule has 0 saturated carbocycles. The molecule has 0 aliphatic rings. The van der Waals surface area contributed by atoms with E-state index in [9.17, 15) is 13.2 Å². The van der Waals surface area contributed by atoms with Gasteiger partial charge in [-0.1, -0.05) is 12.1 Å². The van der Waals surface area contributed by atoms with Crippen LogP contribution >= 0.6 is 0 Å². The molecule has 0 aliphatic carbocycles. The van der Waals surface area contributed by atoms with Gasteiger partial charge in [0.15, 0.2) is 17.6 Å². The molecule has 0 bridgehead atoms. The lowest BCUT2D eigenvalue weighted by Gasteiger charge is -2.16. The van der Waals surface area contributed by atoms with Crippen molar-refractivity contribution in [2.75, 3.05) is 12.4 Å². The van der Waals surface area contributed by atoms with Gasteiger partial charge in [0, 0.05) is 5.69 Å². The van der Waals surface area contributed by atoms with Crippen molar-refractivity contribution >= 4 is 21.6 Å². The molecule has 0 aromatic heterocycles. The van der Waals surface area contributed by atoms with Gasteiger partial charge >= 0.3 is 0 Å². The molecular weight excluding hydrogens is 332 g/mol. The number of hydrogen-bond acceptors (Lipinski definition) is 5. The van der Waals surface area contributed by atoms with E-state index in [2.05, 4.69) is 5.32 Å². The Balaban J connectivity index is 2.04. The van der Waals surface area contributed by atoms with Crippen molar-refractivity contribution < 1.29 is 22.7 Å². The van der Waals surface area contributed by atoms with E-state index in [1.54, 1.807) is 31.2 Å². The van der Waals surface area contributed by atoms with Crippen LogP contribution in [0.3, 0.4) is 0 Å². The zero-order valence-corrected chi connectivity index (χ0v) is 14.0. The quantitative estimate of drug-likeness (QED) is 0.825. The van der Waals surface area contributed by atoms with Gasteiger partial charge < -0.3 is 14.8 Å². The first kappa shape index (κ1) is 17.8. The molecule has 0 radical (unpaired) electrons. The van der Waals surface area contributed by atoms with Gasteiger partial charge in [-0.3, -0.25) is 4.79 Å². The highest BCUT2D eigenvalue weighted by Crippen LogP contribution is 2.27. The number of ether oxygens (including phenoxy) is 2. The summed E-state index contributed by atoms with van der Waals surface area (Å²) in [5.41, 5.74) is 0.433. The molecule has 1 amide bonds. The van der Waals surface area contributed by atoms with Crippen LogP contribution in [-0.4, -0.2) is 27.5 Å². The molecule has 128 valence electrons. The number of amides is 1. The Morgan fingerprint density at radius 2 is 1.67 bits per heavy atom. The zero-order chi connectivity index (χ0) is 17.7. The van der Waals surface area contributed by atoms with Gasteiger partial charge in [0.1, 0.15) is 0 Å². The molecule has 2 aromatic carbocycles. The third-order valence-electron chi connectivity index (χ3n) is 3.19. The first-order valence-corrected chi connectivity index (χ1v) is 8.59. The first-order valence-electron chi connectivity index (χ1n) is 7.04. The van der Waals surface area contributed by atoms with E-state index in [0.29, 0.717) is 17.2 Å². The summed E-state index contributed by atoms with van der Waals surface area (Å²) in [5.74, 6) is 0.589. The molecule has 24 heavy (non-hydrogen) atoms. The fourth-order valence-electron chi connectivity index (χ4n) is 1.93. The average Bonchev–Trinajstić information content (AvgIpc) is 2.55. The summed E-state index contributed by atoms with van der Waals surface area (Å²) in [7, 11) is -2.25. The summed E-state index contributed by atoms with van der Waals surface area (Å²) in [6, 6.07) is 12.5. The van der Waals surface area contributed by atoms with Gasteiger partial charge in [0.05, 0.1) is 12.0 Å². The summed E-state index contributed by atoms with van der Waals surface area (Å²) in [6.45, 7) is 1.60. The van der Waals surface area contributed by atoms with Crippen molar-refractivity contribution in [2.45, 2.75) is 17.9 Å². The van der Waals surface area contributed by atoms with Crippen LogP contribution in [0.2, 0.25) is 0 Å². The number of rotatable bonds is 6. The Bertz CT molecular complexity index is 819. The summed E-state index contributed by atoms with van der Waals surface area (Å²) in [4.78, 5) is 12.1. The summed E-state index contributed by atoms with van der Waals surface area (Å²) < 4.78 is 33.2. The summed E-state index contributed by atoms with van der Waals surface area (Å²) in [6.07, 6.45) is -0.779. The van der Waals surface area contributed by atoms with E-state index < -0.39 is 16.1 Å². The van der Waals surface area contributed by atoms with Gasteiger partial charge in [-0.25, -0.2) is 13.6 Å². The summed E-state index contributed by atoms with van der Waals surface area (Å²) >= 11 is 0. The smallest absolute Gasteiger partial charge is 0.265 e. The van der Waals surface area contributed by atoms with E-state index in [1.807, 2.05) is 0 Å². The molecule has 0 saturated heterocycles. The predicted octanol–water partition coefficient (Wildman–Crippen LogP) is 1.75. The minimum Gasteiger partial charge on any atom is -0.493 e. The highest BCUT2D eigenvalue weighted by atomic mass is 32.2. The number of nitrogens with one attached hydrogen (secondary N) is 1. The van der Waals surface area contributed by atoms with Crippen LogP contribution < -0.4 is 19.9 Å². The maximum Gasteiger partial charge on any atom is 0.265 e. The number of methoxy groups -OCH3 is 1. The second-order valence-electron chi connectivity index (χ2n) is 4.97. The number of benzene rings is 2. The van der Waals surface area contributed by atoms with Crippen LogP contribution in [0.4, 0.5) is 5.69 Å². The molecule has 7 nitrogen and oxygen atoms in total. The first-order chi connectivity index (χ1) is 11.3. The number of hydrogen-bond donors (Lipinski definition) is 2. The Labute approximate surface area is 140 Å². The highest BCUT2D eigenvalue weighted by molar-refractivity contribution is 7.89. The van der Waals surface area contributed by atoms with Crippen molar-refractivity contribution in [3.63, 3.8) is 0 Å². The lowest BCUT2D eigenvalue weighted by molar-refractivity contribution is -0.122. The minimum atomic E-state index is -3.76. The second-order valence-corrected chi connectivity index (χ2v) is 6.53.